The molecule has 1 aromatic rings. The van der Waals surface area contributed by atoms with Gasteiger partial charge in [0.1, 0.15) is 12.4 Å². The lowest BCUT2D eigenvalue weighted by molar-refractivity contribution is 0.00578. The molecule has 2 fully saturated rings. The van der Waals surface area contributed by atoms with E-state index in [4.69, 9.17) is 14.0 Å². The summed E-state index contributed by atoms with van der Waals surface area (Å²) in [7, 11) is -0.338. The molecule has 0 saturated carbocycles. The van der Waals surface area contributed by atoms with Crippen LogP contribution in [0.4, 0.5) is 0 Å². The van der Waals surface area contributed by atoms with Gasteiger partial charge in [-0.2, -0.15) is 0 Å². The number of benzene rings is 1. The zero-order valence-electron chi connectivity index (χ0n) is 17.1. The minimum absolute atomic E-state index is 0.321. The fourth-order valence-electron chi connectivity index (χ4n) is 3.83. The maximum Gasteiger partial charge on any atom is 0.494 e. The van der Waals surface area contributed by atoms with E-state index in [2.05, 4.69) is 45.6 Å². The summed E-state index contributed by atoms with van der Waals surface area (Å²) in [6, 6.07) is 8.86. The first-order valence-electron chi connectivity index (χ1n) is 10.1. The summed E-state index contributed by atoms with van der Waals surface area (Å²) in [6.07, 6.45) is 5.24. The lowest BCUT2D eigenvalue weighted by Crippen LogP contribution is -2.41. The van der Waals surface area contributed by atoms with Crippen LogP contribution in [0.3, 0.4) is 0 Å². The Balaban J connectivity index is 1.56. The zero-order valence-corrected chi connectivity index (χ0v) is 17.1. The molecule has 5 heteroatoms. The molecule has 0 bridgehead atoms. The first-order valence-corrected chi connectivity index (χ1v) is 10.1. The highest BCUT2D eigenvalue weighted by Gasteiger charge is 2.51. The Morgan fingerprint density at radius 2 is 1.88 bits per heavy atom. The van der Waals surface area contributed by atoms with Crippen molar-refractivity contribution in [3.05, 3.63) is 24.3 Å². The standard InChI is InChI=1S/C21H34BNO3/c1-6-18-11-7-8-13-23(18)14-15-24-19-12-9-10-17(16-19)22-25-20(2,3)21(4,5)26-22/h9-10,12,16,18H,6-8,11,13-15H2,1-5H3. The van der Waals surface area contributed by atoms with Crippen LogP contribution in [0.15, 0.2) is 24.3 Å². The molecule has 144 valence electrons. The number of ether oxygens (including phenoxy) is 1. The van der Waals surface area contributed by atoms with Gasteiger partial charge in [-0.05, 0) is 71.1 Å². The first kappa shape index (κ1) is 19.7. The van der Waals surface area contributed by atoms with Gasteiger partial charge in [-0.25, -0.2) is 0 Å². The third kappa shape index (κ3) is 4.27. The number of piperidine rings is 1. The van der Waals surface area contributed by atoms with Crippen molar-refractivity contribution in [2.45, 2.75) is 77.5 Å². The second-order valence-corrected chi connectivity index (χ2v) is 8.60. The van der Waals surface area contributed by atoms with Crippen molar-refractivity contribution in [1.82, 2.24) is 4.90 Å². The van der Waals surface area contributed by atoms with Crippen LogP contribution in [0.5, 0.6) is 5.75 Å². The number of rotatable bonds is 6. The number of likely N-dealkylation sites (tertiary alicyclic amines) is 1. The van der Waals surface area contributed by atoms with Crippen LogP contribution in [0.25, 0.3) is 0 Å². The Labute approximate surface area is 159 Å². The highest BCUT2D eigenvalue weighted by atomic mass is 16.7. The largest absolute Gasteiger partial charge is 0.494 e. The molecule has 0 amide bonds. The molecule has 0 spiro atoms. The van der Waals surface area contributed by atoms with Crippen LogP contribution in [-0.4, -0.2) is 49.0 Å². The molecule has 26 heavy (non-hydrogen) atoms. The Hall–Kier alpha value is -1.04. The highest BCUT2D eigenvalue weighted by molar-refractivity contribution is 6.62. The maximum atomic E-state index is 6.15. The average Bonchev–Trinajstić information content (AvgIpc) is 2.83. The van der Waals surface area contributed by atoms with Gasteiger partial charge < -0.3 is 14.0 Å². The number of hydrogen-bond donors (Lipinski definition) is 0. The molecule has 0 aliphatic carbocycles. The van der Waals surface area contributed by atoms with Crippen molar-refractivity contribution in [3.8, 4) is 5.75 Å². The smallest absolute Gasteiger partial charge is 0.492 e. The molecule has 1 atom stereocenters. The van der Waals surface area contributed by atoms with Gasteiger partial charge in [0, 0.05) is 12.6 Å². The van der Waals surface area contributed by atoms with Crippen LogP contribution in [0.1, 0.15) is 60.3 Å². The average molecular weight is 359 g/mol. The third-order valence-electron chi connectivity index (χ3n) is 6.25. The lowest BCUT2D eigenvalue weighted by Gasteiger charge is -2.35. The van der Waals surface area contributed by atoms with Gasteiger partial charge in [-0.3, -0.25) is 4.90 Å². The van der Waals surface area contributed by atoms with Gasteiger partial charge in [-0.1, -0.05) is 25.5 Å². The van der Waals surface area contributed by atoms with Gasteiger partial charge in [0.15, 0.2) is 0 Å². The van der Waals surface area contributed by atoms with E-state index >= 15 is 0 Å². The zero-order chi connectivity index (χ0) is 18.8. The van der Waals surface area contributed by atoms with Crippen LogP contribution < -0.4 is 10.2 Å². The van der Waals surface area contributed by atoms with E-state index in [0.717, 1.165) is 30.4 Å². The van der Waals surface area contributed by atoms with Crippen molar-refractivity contribution in [1.29, 1.82) is 0 Å². The Kier molecular flexibility index (Phi) is 6.00. The van der Waals surface area contributed by atoms with Gasteiger partial charge in [0.25, 0.3) is 0 Å². The van der Waals surface area contributed by atoms with E-state index in [0.29, 0.717) is 0 Å². The van der Waals surface area contributed by atoms with Crippen LogP contribution in [0.2, 0.25) is 0 Å². The predicted octanol–water partition coefficient (Wildman–Crippen LogP) is 3.63. The quantitative estimate of drug-likeness (QED) is 0.726. The summed E-state index contributed by atoms with van der Waals surface area (Å²) in [6.45, 7) is 13.5. The van der Waals surface area contributed by atoms with Crippen molar-refractivity contribution < 1.29 is 14.0 Å². The first-order chi connectivity index (χ1) is 12.3. The van der Waals surface area contributed by atoms with E-state index in [-0.39, 0.29) is 18.3 Å². The van der Waals surface area contributed by atoms with Gasteiger partial charge >= 0.3 is 7.12 Å². The second kappa shape index (κ2) is 7.91. The van der Waals surface area contributed by atoms with Crippen LogP contribution in [0, 0.1) is 0 Å². The lowest BCUT2D eigenvalue weighted by atomic mass is 9.79. The number of hydrogen-bond acceptors (Lipinski definition) is 4. The monoisotopic (exact) mass is 359 g/mol. The van der Waals surface area contributed by atoms with E-state index in [1.165, 1.54) is 32.2 Å². The summed E-state index contributed by atoms with van der Waals surface area (Å²) < 4.78 is 18.3. The Morgan fingerprint density at radius 3 is 2.58 bits per heavy atom. The number of nitrogens with zero attached hydrogens (tertiary/aromatic N) is 1. The van der Waals surface area contributed by atoms with Crippen LogP contribution in [-0.2, 0) is 9.31 Å². The molecule has 2 saturated heterocycles. The van der Waals surface area contributed by atoms with E-state index in [9.17, 15) is 0 Å². The molecule has 3 rings (SSSR count). The van der Waals surface area contributed by atoms with E-state index in [1.807, 2.05) is 18.2 Å². The molecule has 2 aliphatic heterocycles. The van der Waals surface area contributed by atoms with Crippen molar-refractivity contribution >= 4 is 12.6 Å². The van der Waals surface area contributed by atoms with E-state index in [1.54, 1.807) is 0 Å². The van der Waals surface area contributed by atoms with Gasteiger partial charge in [-0.15, -0.1) is 0 Å². The summed E-state index contributed by atoms with van der Waals surface area (Å²) >= 11 is 0. The summed E-state index contributed by atoms with van der Waals surface area (Å²) in [5.41, 5.74) is 0.376. The fraction of sp³-hybridized carbons (Fsp3) is 0.714. The molecule has 1 unspecified atom stereocenters. The topological polar surface area (TPSA) is 30.9 Å². The molecule has 2 heterocycles. The molecule has 4 nitrogen and oxygen atoms in total. The van der Waals surface area contributed by atoms with Gasteiger partial charge in [0.05, 0.1) is 11.2 Å². The van der Waals surface area contributed by atoms with Crippen molar-refractivity contribution in [2.24, 2.45) is 0 Å². The summed E-state index contributed by atoms with van der Waals surface area (Å²) in [5.74, 6) is 0.891. The molecule has 1 aromatic carbocycles. The maximum absolute atomic E-state index is 6.15. The van der Waals surface area contributed by atoms with Crippen molar-refractivity contribution in [3.63, 3.8) is 0 Å². The SMILES string of the molecule is CCC1CCCCN1CCOc1cccc(B2OC(C)(C)C(C)(C)O2)c1. The highest BCUT2D eigenvalue weighted by Crippen LogP contribution is 2.36. The Morgan fingerprint density at radius 1 is 1.15 bits per heavy atom. The molecular formula is C21H34BNO3. The minimum atomic E-state index is -0.338. The molecular weight excluding hydrogens is 325 g/mol. The fourth-order valence-corrected chi connectivity index (χ4v) is 3.83. The van der Waals surface area contributed by atoms with Gasteiger partial charge in [0.2, 0.25) is 0 Å². The summed E-state index contributed by atoms with van der Waals surface area (Å²) in [5, 5.41) is 0. The predicted molar refractivity (Wildman–Crippen MR) is 107 cm³/mol. The normalized spacial score (nSPS) is 25.4. The third-order valence-corrected chi connectivity index (χ3v) is 6.25. The van der Waals surface area contributed by atoms with E-state index < -0.39 is 0 Å². The molecule has 2 aliphatic rings. The molecule has 0 radical (unpaired) electrons. The second-order valence-electron chi connectivity index (χ2n) is 8.60. The molecule has 0 aromatic heterocycles. The Bertz CT molecular complexity index is 589. The summed E-state index contributed by atoms with van der Waals surface area (Å²) in [4.78, 5) is 2.58. The van der Waals surface area contributed by atoms with Crippen molar-refractivity contribution in [2.75, 3.05) is 19.7 Å². The van der Waals surface area contributed by atoms with Crippen LogP contribution >= 0.6 is 0 Å². The molecule has 0 N–H and O–H groups in total. The minimum Gasteiger partial charge on any atom is -0.492 e.